The molecule has 1 aromatic rings. The van der Waals surface area contributed by atoms with Crippen LogP contribution in [0, 0.1) is 0 Å². The summed E-state index contributed by atoms with van der Waals surface area (Å²) in [5.41, 5.74) is 0. The van der Waals surface area contributed by atoms with Crippen LogP contribution in [-0.4, -0.2) is 0 Å². The Balaban J connectivity index is 2.38. The summed E-state index contributed by atoms with van der Waals surface area (Å²) in [5, 5.41) is 0.646. The Bertz CT molecular complexity index is 294. The van der Waals surface area contributed by atoms with Crippen molar-refractivity contribution in [2.75, 3.05) is 0 Å². The van der Waals surface area contributed by atoms with E-state index in [9.17, 15) is 0 Å². The lowest BCUT2D eigenvalue weighted by molar-refractivity contribution is 0.478. The molecule has 0 aliphatic rings. The zero-order valence-corrected chi connectivity index (χ0v) is 9.13. The van der Waals surface area contributed by atoms with Crippen LogP contribution >= 0.6 is 11.6 Å². The average molecular weight is 211 g/mol. The topological polar surface area (TPSA) is 9.23 Å². The van der Waals surface area contributed by atoms with Gasteiger partial charge in [-0.15, -0.1) is 0 Å². The van der Waals surface area contributed by atoms with Crippen molar-refractivity contribution in [1.29, 1.82) is 0 Å². The Morgan fingerprint density at radius 1 is 1.36 bits per heavy atom. The van der Waals surface area contributed by atoms with Crippen molar-refractivity contribution < 1.29 is 4.74 Å². The molecule has 0 radical (unpaired) electrons. The van der Waals surface area contributed by atoms with E-state index in [1.165, 1.54) is 12.8 Å². The van der Waals surface area contributed by atoms with E-state index >= 15 is 0 Å². The Kier molecular flexibility index (Phi) is 5.16. The number of para-hydroxylation sites is 1. The third kappa shape index (κ3) is 3.84. The number of ether oxygens (including phenoxy) is 1. The van der Waals surface area contributed by atoms with Crippen molar-refractivity contribution in [1.82, 2.24) is 0 Å². The van der Waals surface area contributed by atoms with E-state index in [1.807, 2.05) is 30.3 Å². The molecule has 14 heavy (non-hydrogen) atoms. The van der Waals surface area contributed by atoms with Crippen LogP contribution in [0.4, 0.5) is 0 Å². The van der Waals surface area contributed by atoms with Gasteiger partial charge in [-0.05, 0) is 31.1 Å². The summed E-state index contributed by atoms with van der Waals surface area (Å²) in [7, 11) is 0. The minimum absolute atomic E-state index is 0.646. The summed E-state index contributed by atoms with van der Waals surface area (Å²) < 4.78 is 5.37. The molecule has 1 rings (SSSR count). The Labute approximate surface area is 90.3 Å². The van der Waals surface area contributed by atoms with Crippen LogP contribution in [-0.2, 0) is 0 Å². The van der Waals surface area contributed by atoms with Gasteiger partial charge in [0, 0.05) is 0 Å². The van der Waals surface area contributed by atoms with Crippen LogP contribution < -0.4 is 4.74 Å². The molecule has 0 amide bonds. The number of hydrogen-bond acceptors (Lipinski definition) is 1. The highest BCUT2D eigenvalue weighted by Gasteiger charge is 1.95. The highest BCUT2D eigenvalue weighted by Crippen LogP contribution is 2.23. The molecule has 76 valence electrons. The smallest absolute Gasteiger partial charge is 0.145 e. The van der Waals surface area contributed by atoms with Crippen molar-refractivity contribution in [2.45, 2.75) is 26.2 Å². The maximum atomic E-state index is 5.91. The standard InChI is InChI=1S/C12H15ClO/c1-2-3-4-7-10-14-12-9-6-5-8-11(12)13/h5-10H,2-4H2,1H3. The van der Waals surface area contributed by atoms with Crippen molar-refractivity contribution in [2.24, 2.45) is 0 Å². The average Bonchev–Trinajstić information content (AvgIpc) is 2.20. The van der Waals surface area contributed by atoms with Crippen LogP contribution in [0.15, 0.2) is 36.6 Å². The third-order valence-corrected chi connectivity index (χ3v) is 2.16. The number of unbranched alkanes of at least 4 members (excludes halogenated alkanes) is 2. The van der Waals surface area contributed by atoms with E-state index in [0.717, 1.165) is 6.42 Å². The van der Waals surface area contributed by atoms with E-state index in [-0.39, 0.29) is 0 Å². The molecule has 0 aromatic heterocycles. The minimum atomic E-state index is 0.646. The molecule has 0 atom stereocenters. The first-order valence-corrected chi connectivity index (χ1v) is 5.28. The summed E-state index contributed by atoms with van der Waals surface area (Å²) in [5.74, 6) is 0.710. The van der Waals surface area contributed by atoms with E-state index in [4.69, 9.17) is 16.3 Å². The summed E-state index contributed by atoms with van der Waals surface area (Å²) >= 11 is 5.91. The number of halogens is 1. The predicted octanol–water partition coefficient (Wildman–Crippen LogP) is 4.42. The fourth-order valence-corrected chi connectivity index (χ4v) is 1.23. The van der Waals surface area contributed by atoms with Gasteiger partial charge in [-0.25, -0.2) is 0 Å². The zero-order chi connectivity index (χ0) is 10.2. The van der Waals surface area contributed by atoms with Crippen LogP contribution in [0.3, 0.4) is 0 Å². The number of benzene rings is 1. The Morgan fingerprint density at radius 3 is 2.86 bits per heavy atom. The molecule has 0 N–H and O–H groups in total. The maximum absolute atomic E-state index is 5.91. The van der Waals surface area contributed by atoms with Gasteiger partial charge in [-0.3, -0.25) is 0 Å². The van der Waals surface area contributed by atoms with Gasteiger partial charge in [0.05, 0.1) is 11.3 Å². The molecule has 0 fully saturated rings. The van der Waals surface area contributed by atoms with Gasteiger partial charge < -0.3 is 4.74 Å². The second kappa shape index (κ2) is 6.50. The molecule has 1 aromatic carbocycles. The fraction of sp³-hybridized carbons (Fsp3) is 0.333. The molecule has 0 saturated carbocycles. The SMILES string of the molecule is CCCCC=COc1ccccc1Cl. The molecule has 0 spiro atoms. The monoisotopic (exact) mass is 210 g/mol. The van der Waals surface area contributed by atoms with Gasteiger partial charge in [-0.1, -0.05) is 37.1 Å². The van der Waals surface area contributed by atoms with Gasteiger partial charge in [0.25, 0.3) is 0 Å². The van der Waals surface area contributed by atoms with Gasteiger partial charge in [0.2, 0.25) is 0 Å². The van der Waals surface area contributed by atoms with Crippen molar-refractivity contribution >= 4 is 11.6 Å². The number of allylic oxidation sites excluding steroid dienone is 1. The van der Waals surface area contributed by atoms with Crippen molar-refractivity contribution in [3.8, 4) is 5.75 Å². The molecular formula is C12H15ClO. The van der Waals surface area contributed by atoms with Gasteiger partial charge >= 0.3 is 0 Å². The largest absolute Gasteiger partial charge is 0.464 e. The molecule has 0 saturated heterocycles. The lowest BCUT2D eigenvalue weighted by Crippen LogP contribution is -1.82. The van der Waals surface area contributed by atoms with Gasteiger partial charge in [0.15, 0.2) is 0 Å². The lowest BCUT2D eigenvalue weighted by atomic mass is 10.2. The summed E-state index contributed by atoms with van der Waals surface area (Å²) in [6.45, 7) is 2.17. The second-order valence-electron chi connectivity index (χ2n) is 3.06. The van der Waals surface area contributed by atoms with E-state index in [0.29, 0.717) is 10.8 Å². The summed E-state index contributed by atoms with van der Waals surface area (Å²) in [6, 6.07) is 7.46. The molecule has 0 bridgehead atoms. The summed E-state index contributed by atoms with van der Waals surface area (Å²) in [6.07, 6.45) is 7.18. The highest BCUT2D eigenvalue weighted by atomic mass is 35.5. The molecular weight excluding hydrogens is 196 g/mol. The molecule has 0 unspecified atom stereocenters. The third-order valence-electron chi connectivity index (χ3n) is 1.85. The lowest BCUT2D eigenvalue weighted by Gasteiger charge is -2.01. The van der Waals surface area contributed by atoms with Crippen molar-refractivity contribution in [3.63, 3.8) is 0 Å². The normalized spacial score (nSPS) is 10.7. The first-order chi connectivity index (χ1) is 6.84. The van der Waals surface area contributed by atoms with E-state index in [2.05, 4.69) is 6.92 Å². The zero-order valence-electron chi connectivity index (χ0n) is 8.37. The Morgan fingerprint density at radius 2 is 2.14 bits per heavy atom. The van der Waals surface area contributed by atoms with E-state index < -0.39 is 0 Å². The van der Waals surface area contributed by atoms with Gasteiger partial charge in [0.1, 0.15) is 5.75 Å². The summed E-state index contributed by atoms with van der Waals surface area (Å²) in [4.78, 5) is 0. The first-order valence-electron chi connectivity index (χ1n) is 4.90. The number of rotatable bonds is 5. The predicted molar refractivity (Wildman–Crippen MR) is 60.7 cm³/mol. The molecule has 2 heteroatoms. The molecule has 0 aliphatic heterocycles. The molecule has 0 heterocycles. The molecule has 0 aliphatic carbocycles. The van der Waals surface area contributed by atoms with Crippen LogP contribution in [0.25, 0.3) is 0 Å². The fourth-order valence-electron chi connectivity index (χ4n) is 1.05. The highest BCUT2D eigenvalue weighted by molar-refractivity contribution is 6.32. The number of hydrogen-bond donors (Lipinski definition) is 0. The maximum Gasteiger partial charge on any atom is 0.145 e. The molecule has 1 nitrogen and oxygen atoms in total. The second-order valence-corrected chi connectivity index (χ2v) is 3.47. The van der Waals surface area contributed by atoms with Crippen LogP contribution in [0.5, 0.6) is 5.75 Å². The van der Waals surface area contributed by atoms with E-state index in [1.54, 1.807) is 6.26 Å². The van der Waals surface area contributed by atoms with Crippen molar-refractivity contribution in [3.05, 3.63) is 41.6 Å². The first kappa shape index (κ1) is 11.1. The van der Waals surface area contributed by atoms with Crippen LogP contribution in [0.1, 0.15) is 26.2 Å². The van der Waals surface area contributed by atoms with Crippen LogP contribution in [0.2, 0.25) is 5.02 Å². The Hall–Kier alpha value is -0.950. The minimum Gasteiger partial charge on any atom is -0.464 e. The van der Waals surface area contributed by atoms with Gasteiger partial charge in [-0.2, -0.15) is 0 Å². The quantitative estimate of drug-likeness (QED) is 0.516.